The quantitative estimate of drug-likeness (QED) is 0.706. The number of aromatic nitrogens is 1. The minimum absolute atomic E-state index is 0.0828. The molecule has 0 saturated heterocycles. The van der Waals surface area contributed by atoms with Crippen molar-refractivity contribution in [3.63, 3.8) is 0 Å². The lowest BCUT2D eigenvalue weighted by molar-refractivity contribution is 0.0922. The van der Waals surface area contributed by atoms with Crippen LogP contribution in [0.25, 0.3) is 0 Å². The number of ketones is 1. The predicted octanol–water partition coefficient (Wildman–Crippen LogP) is 2.28. The van der Waals surface area contributed by atoms with Gasteiger partial charge in [-0.25, -0.2) is 4.39 Å². The summed E-state index contributed by atoms with van der Waals surface area (Å²) in [5.41, 5.74) is 0.292. The fourth-order valence-electron chi connectivity index (χ4n) is 2.32. The summed E-state index contributed by atoms with van der Waals surface area (Å²) in [6.07, 6.45) is 3.35. The van der Waals surface area contributed by atoms with Gasteiger partial charge in [-0.15, -0.1) is 0 Å². The molecule has 0 fully saturated rings. The van der Waals surface area contributed by atoms with Crippen LogP contribution in [0, 0.1) is 5.82 Å². The van der Waals surface area contributed by atoms with Crippen LogP contribution in [0.2, 0.25) is 0 Å². The van der Waals surface area contributed by atoms with Crippen LogP contribution in [0.4, 0.5) is 4.39 Å². The highest BCUT2D eigenvalue weighted by Gasteiger charge is 2.16. The fourth-order valence-corrected chi connectivity index (χ4v) is 2.32. The lowest BCUT2D eigenvalue weighted by atomic mass is 10.1. The third kappa shape index (κ3) is 4.98. The maximum Gasteiger partial charge on any atom is 0.182 e. The highest BCUT2D eigenvalue weighted by atomic mass is 19.1. The van der Waals surface area contributed by atoms with Crippen LogP contribution in [0.5, 0.6) is 0 Å². The predicted molar refractivity (Wildman–Crippen MR) is 76.2 cm³/mol. The van der Waals surface area contributed by atoms with Crippen LogP contribution in [0.1, 0.15) is 43.6 Å². The van der Waals surface area contributed by atoms with Crippen LogP contribution >= 0.6 is 0 Å². The average molecular weight is 282 g/mol. The Bertz CT molecular complexity index is 405. The van der Waals surface area contributed by atoms with E-state index in [9.17, 15) is 9.18 Å². The SMILES string of the molecule is CCC(CC)N(CCO)CCC(=O)c1ccc(F)cn1. The molecule has 0 saturated carbocycles. The lowest BCUT2D eigenvalue weighted by Gasteiger charge is -2.29. The number of halogens is 1. The van der Waals surface area contributed by atoms with E-state index >= 15 is 0 Å². The van der Waals surface area contributed by atoms with E-state index in [2.05, 4.69) is 23.7 Å². The largest absolute Gasteiger partial charge is 0.395 e. The van der Waals surface area contributed by atoms with Crippen LogP contribution in [0.15, 0.2) is 18.3 Å². The van der Waals surface area contributed by atoms with Gasteiger partial charge in [-0.2, -0.15) is 0 Å². The summed E-state index contributed by atoms with van der Waals surface area (Å²) in [6.45, 7) is 5.44. The minimum atomic E-state index is -0.444. The first-order valence-corrected chi connectivity index (χ1v) is 7.12. The zero-order chi connectivity index (χ0) is 15.0. The number of pyridine rings is 1. The third-order valence-corrected chi connectivity index (χ3v) is 3.49. The Morgan fingerprint density at radius 1 is 1.35 bits per heavy atom. The van der Waals surface area contributed by atoms with Crippen molar-refractivity contribution in [2.45, 2.75) is 39.2 Å². The van der Waals surface area contributed by atoms with Crippen molar-refractivity contribution < 1.29 is 14.3 Å². The zero-order valence-corrected chi connectivity index (χ0v) is 12.2. The molecule has 4 nitrogen and oxygen atoms in total. The first-order chi connectivity index (χ1) is 9.62. The first-order valence-electron chi connectivity index (χ1n) is 7.12. The minimum Gasteiger partial charge on any atom is -0.395 e. The topological polar surface area (TPSA) is 53.4 Å². The normalized spacial score (nSPS) is 11.3. The first kappa shape index (κ1) is 16.7. The summed E-state index contributed by atoms with van der Waals surface area (Å²) in [7, 11) is 0. The molecule has 0 spiro atoms. The second kappa shape index (κ2) is 8.76. The number of aliphatic hydroxyl groups is 1. The molecule has 1 rings (SSSR count). The van der Waals surface area contributed by atoms with Gasteiger partial charge in [0.1, 0.15) is 11.5 Å². The van der Waals surface area contributed by atoms with Crippen molar-refractivity contribution in [3.8, 4) is 0 Å². The van der Waals surface area contributed by atoms with Crippen molar-refractivity contribution in [2.75, 3.05) is 19.7 Å². The van der Waals surface area contributed by atoms with Gasteiger partial charge in [0.2, 0.25) is 0 Å². The number of nitrogens with zero attached hydrogens (tertiary/aromatic N) is 2. The Morgan fingerprint density at radius 2 is 2.05 bits per heavy atom. The Kier molecular flexibility index (Phi) is 7.33. The molecule has 0 radical (unpaired) electrons. The van der Waals surface area contributed by atoms with E-state index < -0.39 is 5.82 Å². The molecule has 0 aliphatic rings. The van der Waals surface area contributed by atoms with Gasteiger partial charge in [-0.05, 0) is 25.0 Å². The monoisotopic (exact) mass is 282 g/mol. The number of carbonyl (C=O) groups excluding carboxylic acids is 1. The molecule has 1 aromatic rings. The van der Waals surface area contributed by atoms with E-state index in [0.717, 1.165) is 19.0 Å². The molecule has 5 heteroatoms. The Balaban J connectivity index is 2.58. The highest BCUT2D eigenvalue weighted by molar-refractivity contribution is 5.94. The zero-order valence-electron chi connectivity index (χ0n) is 12.2. The summed E-state index contributed by atoms with van der Waals surface area (Å²) < 4.78 is 12.8. The molecule has 0 bridgehead atoms. The van der Waals surface area contributed by atoms with Crippen molar-refractivity contribution in [2.24, 2.45) is 0 Å². The summed E-state index contributed by atoms with van der Waals surface area (Å²) >= 11 is 0. The molecule has 0 atom stereocenters. The molecule has 0 unspecified atom stereocenters. The van der Waals surface area contributed by atoms with Gasteiger partial charge in [0.25, 0.3) is 0 Å². The van der Waals surface area contributed by atoms with Crippen molar-refractivity contribution >= 4 is 5.78 Å². The number of aliphatic hydroxyl groups excluding tert-OH is 1. The maximum atomic E-state index is 12.8. The Morgan fingerprint density at radius 3 is 2.55 bits per heavy atom. The van der Waals surface area contributed by atoms with E-state index in [1.165, 1.54) is 12.1 Å². The number of rotatable bonds is 9. The van der Waals surface area contributed by atoms with Gasteiger partial charge >= 0.3 is 0 Å². The van der Waals surface area contributed by atoms with E-state index in [1.807, 2.05) is 0 Å². The summed E-state index contributed by atoms with van der Waals surface area (Å²) in [4.78, 5) is 17.9. The van der Waals surface area contributed by atoms with Gasteiger partial charge in [-0.3, -0.25) is 14.7 Å². The molecule has 0 amide bonds. The molecule has 0 aliphatic heterocycles. The third-order valence-electron chi connectivity index (χ3n) is 3.49. The van der Waals surface area contributed by atoms with Crippen LogP contribution < -0.4 is 0 Å². The molecule has 1 aromatic heterocycles. The van der Waals surface area contributed by atoms with Crippen molar-refractivity contribution in [3.05, 3.63) is 29.8 Å². The number of Topliss-reactive ketones (excluding diaryl/α,β-unsaturated/α-hetero) is 1. The molecule has 20 heavy (non-hydrogen) atoms. The Hall–Kier alpha value is -1.33. The van der Waals surface area contributed by atoms with Crippen LogP contribution in [-0.4, -0.2) is 46.5 Å². The molecule has 0 aliphatic carbocycles. The molecular weight excluding hydrogens is 259 g/mol. The van der Waals surface area contributed by atoms with Gasteiger partial charge < -0.3 is 5.11 Å². The summed E-state index contributed by atoms with van der Waals surface area (Å²) in [5.74, 6) is -0.542. The summed E-state index contributed by atoms with van der Waals surface area (Å²) in [5, 5.41) is 9.11. The van der Waals surface area contributed by atoms with Gasteiger partial charge in [0.15, 0.2) is 5.78 Å². The van der Waals surface area contributed by atoms with Gasteiger partial charge in [0, 0.05) is 25.6 Å². The Labute approximate surface area is 119 Å². The standard InChI is InChI=1S/C15H23FN2O2/c1-3-13(4-2)18(9-10-19)8-7-15(20)14-6-5-12(16)11-17-14/h5-6,11,13,19H,3-4,7-10H2,1-2H3. The molecule has 112 valence electrons. The van der Waals surface area contributed by atoms with Gasteiger partial charge in [-0.1, -0.05) is 13.8 Å². The van der Waals surface area contributed by atoms with E-state index in [0.29, 0.717) is 31.2 Å². The number of hydrogen-bond acceptors (Lipinski definition) is 4. The van der Waals surface area contributed by atoms with Crippen LogP contribution in [-0.2, 0) is 0 Å². The van der Waals surface area contributed by atoms with Crippen LogP contribution in [0.3, 0.4) is 0 Å². The second-order valence-electron chi connectivity index (χ2n) is 4.76. The van der Waals surface area contributed by atoms with E-state index in [1.54, 1.807) is 0 Å². The molecular formula is C15H23FN2O2. The number of carbonyl (C=O) groups is 1. The highest BCUT2D eigenvalue weighted by Crippen LogP contribution is 2.10. The lowest BCUT2D eigenvalue weighted by Crippen LogP contribution is -2.38. The van der Waals surface area contributed by atoms with Crippen molar-refractivity contribution in [1.82, 2.24) is 9.88 Å². The molecule has 0 aromatic carbocycles. The molecule has 1 heterocycles. The maximum absolute atomic E-state index is 12.8. The van der Waals surface area contributed by atoms with Crippen molar-refractivity contribution in [1.29, 1.82) is 0 Å². The smallest absolute Gasteiger partial charge is 0.182 e. The molecule has 1 N–H and O–H groups in total. The summed E-state index contributed by atoms with van der Waals surface area (Å²) in [6, 6.07) is 3.02. The average Bonchev–Trinajstić information content (AvgIpc) is 2.46. The number of hydrogen-bond donors (Lipinski definition) is 1. The van der Waals surface area contributed by atoms with E-state index in [-0.39, 0.29) is 12.4 Å². The second-order valence-corrected chi connectivity index (χ2v) is 4.76. The van der Waals surface area contributed by atoms with Gasteiger partial charge in [0.05, 0.1) is 12.8 Å². The van der Waals surface area contributed by atoms with E-state index in [4.69, 9.17) is 5.11 Å². The fraction of sp³-hybridized carbons (Fsp3) is 0.600.